The van der Waals surface area contributed by atoms with Gasteiger partial charge >= 0.3 is 0 Å². The predicted molar refractivity (Wildman–Crippen MR) is 78.2 cm³/mol. The summed E-state index contributed by atoms with van der Waals surface area (Å²) in [6.07, 6.45) is 8.31. The first kappa shape index (κ1) is 14.3. The molecule has 3 rings (SSSR count). The number of hydrogen-bond donors (Lipinski definition) is 1. The third-order valence-electron chi connectivity index (χ3n) is 4.97. The highest BCUT2D eigenvalue weighted by molar-refractivity contribution is 5.84. The molecule has 4 heteroatoms. The van der Waals surface area contributed by atoms with E-state index in [1.165, 1.54) is 12.8 Å². The molecule has 4 nitrogen and oxygen atoms in total. The summed E-state index contributed by atoms with van der Waals surface area (Å²) in [5.74, 6) is 1.04. The summed E-state index contributed by atoms with van der Waals surface area (Å²) in [5.41, 5.74) is 0. The second-order valence-electron chi connectivity index (χ2n) is 6.59. The minimum atomic E-state index is 0.0389. The summed E-state index contributed by atoms with van der Waals surface area (Å²) in [5, 5.41) is 3.57. The summed E-state index contributed by atoms with van der Waals surface area (Å²) in [7, 11) is 0. The Labute approximate surface area is 122 Å². The van der Waals surface area contributed by atoms with E-state index < -0.39 is 0 Å². The van der Waals surface area contributed by atoms with Gasteiger partial charge in [-0.25, -0.2) is 0 Å². The van der Waals surface area contributed by atoms with Crippen molar-refractivity contribution >= 4 is 5.91 Å². The van der Waals surface area contributed by atoms with Gasteiger partial charge in [-0.2, -0.15) is 0 Å². The van der Waals surface area contributed by atoms with Gasteiger partial charge in [0.15, 0.2) is 0 Å². The molecule has 1 aliphatic carbocycles. The Kier molecular flexibility index (Phi) is 4.32. The van der Waals surface area contributed by atoms with Crippen molar-refractivity contribution in [1.82, 2.24) is 10.2 Å². The maximum atomic E-state index is 12.8. The van der Waals surface area contributed by atoms with Crippen LogP contribution in [0.25, 0.3) is 0 Å². The van der Waals surface area contributed by atoms with E-state index in [9.17, 15) is 4.79 Å². The molecular formula is C16H28N2O2. The van der Waals surface area contributed by atoms with Gasteiger partial charge in [0.2, 0.25) is 5.91 Å². The third kappa shape index (κ3) is 2.60. The summed E-state index contributed by atoms with van der Waals surface area (Å²) in [6, 6.07) is 0.359. The van der Waals surface area contributed by atoms with E-state index in [4.69, 9.17) is 4.74 Å². The van der Waals surface area contributed by atoms with Gasteiger partial charge in [0, 0.05) is 6.61 Å². The Bertz CT molecular complexity index is 356. The van der Waals surface area contributed by atoms with E-state index >= 15 is 0 Å². The average molecular weight is 280 g/mol. The van der Waals surface area contributed by atoms with E-state index in [1.54, 1.807) is 0 Å². The number of rotatable bonds is 6. The number of amides is 1. The van der Waals surface area contributed by atoms with Crippen LogP contribution < -0.4 is 5.32 Å². The molecule has 0 spiro atoms. The summed E-state index contributed by atoms with van der Waals surface area (Å²) in [6.45, 7) is 5.17. The largest absolute Gasteiger partial charge is 0.376 e. The zero-order chi connectivity index (χ0) is 14.1. The molecule has 4 atom stereocenters. The number of nitrogens with zero attached hydrogens (tertiary/aromatic N) is 1. The van der Waals surface area contributed by atoms with Crippen LogP contribution in [-0.4, -0.2) is 41.8 Å². The molecule has 0 bridgehead atoms. The van der Waals surface area contributed by atoms with Crippen LogP contribution in [0.2, 0.25) is 0 Å². The highest BCUT2D eigenvalue weighted by atomic mass is 16.5. The number of ether oxygens (including phenoxy) is 1. The molecule has 0 aromatic heterocycles. The van der Waals surface area contributed by atoms with Crippen molar-refractivity contribution in [3.8, 4) is 0 Å². The molecule has 2 heterocycles. The molecule has 114 valence electrons. The van der Waals surface area contributed by atoms with E-state index in [0.29, 0.717) is 24.0 Å². The van der Waals surface area contributed by atoms with Crippen LogP contribution in [0.15, 0.2) is 0 Å². The molecular weight excluding hydrogens is 252 g/mol. The van der Waals surface area contributed by atoms with E-state index in [0.717, 1.165) is 38.7 Å². The Morgan fingerprint density at radius 3 is 2.60 bits per heavy atom. The van der Waals surface area contributed by atoms with Gasteiger partial charge in [-0.1, -0.05) is 26.7 Å². The lowest BCUT2D eigenvalue weighted by Crippen LogP contribution is -2.48. The van der Waals surface area contributed by atoms with Crippen LogP contribution in [0.1, 0.15) is 58.8 Å². The Morgan fingerprint density at radius 2 is 1.95 bits per heavy atom. The van der Waals surface area contributed by atoms with E-state index in [2.05, 4.69) is 24.1 Å². The van der Waals surface area contributed by atoms with Gasteiger partial charge in [-0.05, 0) is 38.0 Å². The average Bonchev–Trinajstić information content (AvgIpc) is 3.09. The van der Waals surface area contributed by atoms with Crippen molar-refractivity contribution in [1.29, 1.82) is 0 Å². The normalized spacial score (nSPS) is 37.9. The first-order chi connectivity index (χ1) is 9.76. The van der Waals surface area contributed by atoms with E-state index in [1.807, 2.05) is 0 Å². The maximum absolute atomic E-state index is 12.8. The van der Waals surface area contributed by atoms with Crippen molar-refractivity contribution in [2.24, 2.45) is 5.92 Å². The molecule has 0 radical (unpaired) electrons. The van der Waals surface area contributed by atoms with Crippen LogP contribution in [0.4, 0.5) is 0 Å². The fourth-order valence-electron chi connectivity index (χ4n) is 3.88. The highest BCUT2D eigenvalue weighted by Crippen LogP contribution is 2.41. The molecule has 0 aromatic carbocycles. The molecule has 3 fully saturated rings. The molecule has 2 saturated heterocycles. The smallest absolute Gasteiger partial charge is 0.241 e. The SMILES string of the molecule is CCCC1NC(CCC)N(C2CCOC2C2CC2)C1=O. The number of carbonyl (C=O) groups is 1. The van der Waals surface area contributed by atoms with Crippen molar-refractivity contribution in [2.75, 3.05) is 6.61 Å². The van der Waals surface area contributed by atoms with Gasteiger partial charge in [0.1, 0.15) is 0 Å². The molecule has 4 unspecified atom stereocenters. The minimum Gasteiger partial charge on any atom is -0.376 e. The van der Waals surface area contributed by atoms with Crippen molar-refractivity contribution in [3.63, 3.8) is 0 Å². The fourth-order valence-corrected chi connectivity index (χ4v) is 3.88. The Hall–Kier alpha value is -0.610. The summed E-state index contributed by atoms with van der Waals surface area (Å²) in [4.78, 5) is 14.9. The first-order valence-electron chi connectivity index (χ1n) is 8.46. The van der Waals surface area contributed by atoms with Crippen molar-refractivity contribution in [2.45, 2.75) is 83.1 Å². The van der Waals surface area contributed by atoms with Gasteiger partial charge in [-0.15, -0.1) is 0 Å². The van der Waals surface area contributed by atoms with Gasteiger partial charge in [-0.3, -0.25) is 10.1 Å². The number of hydrogen-bond acceptors (Lipinski definition) is 3. The molecule has 20 heavy (non-hydrogen) atoms. The maximum Gasteiger partial charge on any atom is 0.241 e. The molecule has 3 aliphatic rings. The van der Waals surface area contributed by atoms with E-state index in [-0.39, 0.29) is 12.2 Å². The lowest BCUT2D eigenvalue weighted by atomic mass is 10.0. The number of nitrogens with one attached hydrogen (secondary N) is 1. The van der Waals surface area contributed by atoms with Crippen molar-refractivity contribution in [3.05, 3.63) is 0 Å². The molecule has 0 aromatic rings. The van der Waals surface area contributed by atoms with Crippen LogP contribution in [0.3, 0.4) is 0 Å². The van der Waals surface area contributed by atoms with Gasteiger partial charge in [0.05, 0.1) is 24.4 Å². The second-order valence-corrected chi connectivity index (χ2v) is 6.59. The highest BCUT2D eigenvalue weighted by Gasteiger charge is 2.49. The minimum absolute atomic E-state index is 0.0389. The third-order valence-corrected chi connectivity index (χ3v) is 4.97. The molecule has 1 amide bonds. The summed E-state index contributed by atoms with van der Waals surface area (Å²) >= 11 is 0. The molecule has 1 saturated carbocycles. The lowest BCUT2D eigenvalue weighted by molar-refractivity contribution is -0.134. The van der Waals surface area contributed by atoms with Crippen molar-refractivity contribution < 1.29 is 9.53 Å². The quantitative estimate of drug-likeness (QED) is 0.811. The molecule has 1 N–H and O–H groups in total. The number of carbonyl (C=O) groups excluding carboxylic acids is 1. The van der Waals surface area contributed by atoms with Crippen LogP contribution in [0.5, 0.6) is 0 Å². The Balaban J connectivity index is 1.75. The topological polar surface area (TPSA) is 41.6 Å². The zero-order valence-corrected chi connectivity index (χ0v) is 12.8. The monoisotopic (exact) mass is 280 g/mol. The van der Waals surface area contributed by atoms with Crippen LogP contribution in [0, 0.1) is 5.92 Å². The molecule has 2 aliphatic heterocycles. The Morgan fingerprint density at radius 1 is 1.20 bits per heavy atom. The zero-order valence-electron chi connectivity index (χ0n) is 12.8. The fraction of sp³-hybridized carbons (Fsp3) is 0.938. The predicted octanol–water partition coefficient (Wildman–Crippen LogP) is 2.28. The van der Waals surface area contributed by atoms with Gasteiger partial charge in [0.25, 0.3) is 0 Å². The standard InChI is InChI=1S/C16H28N2O2/c1-3-5-12-16(19)18(14(17-12)6-4-2)13-9-10-20-15(13)11-7-8-11/h11-15,17H,3-10H2,1-2H3. The summed E-state index contributed by atoms with van der Waals surface area (Å²) < 4.78 is 5.95. The second kappa shape index (κ2) is 6.02. The van der Waals surface area contributed by atoms with Crippen LogP contribution in [-0.2, 0) is 9.53 Å². The van der Waals surface area contributed by atoms with Gasteiger partial charge < -0.3 is 9.64 Å². The lowest BCUT2D eigenvalue weighted by Gasteiger charge is -2.33. The first-order valence-corrected chi connectivity index (χ1v) is 8.46. The van der Waals surface area contributed by atoms with Crippen LogP contribution >= 0.6 is 0 Å².